The lowest BCUT2D eigenvalue weighted by atomic mass is 10.1. The summed E-state index contributed by atoms with van der Waals surface area (Å²) in [5.41, 5.74) is 2.19. The van der Waals surface area contributed by atoms with Crippen LogP contribution in [0.15, 0.2) is 0 Å². The SMILES string of the molecule is Cc1nc(CNC(=O)CCC(C)N2CCCC2)n(C)c1C. The van der Waals surface area contributed by atoms with Crippen molar-refractivity contribution in [3.8, 4) is 0 Å². The van der Waals surface area contributed by atoms with Gasteiger partial charge in [0.25, 0.3) is 0 Å². The first-order valence-electron chi connectivity index (χ1n) is 7.98. The van der Waals surface area contributed by atoms with E-state index in [1.807, 2.05) is 25.5 Å². The van der Waals surface area contributed by atoms with Crippen molar-refractivity contribution in [2.24, 2.45) is 7.05 Å². The van der Waals surface area contributed by atoms with E-state index in [1.165, 1.54) is 25.9 Å². The molecule has 1 amide bonds. The summed E-state index contributed by atoms with van der Waals surface area (Å²) in [5.74, 6) is 1.05. The van der Waals surface area contributed by atoms with E-state index in [9.17, 15) is 4.79 Å². The number of hydrogen-bond donors (Lipinski definition) is 1. The smallest absolute Gasteiger partial charge is 0.220 e. The van der Waals surface area contributed by atoms with Crippen LogP contribution in [0, 0.1) is 13.8 Å². The molecule has 2 heterocycles. The highest BCUT2D eigenvalue weighted by Crippen LogP contribution is 2.15. The minimum Gasteiger partial charge on any atom is -0.349 e. The standard InChI is InChI=1S/C16H28N4O/c1-12(20-9-5-6-10-20)7-8-16(21)17-11-15-18-13(2)14(3)19(15)4/h12H,5-11H2,1-4H3,(H,17,21). The van der Waals surface area contributed by atoms with Gasteiger partial charge in [0, 0.05) is 25.2 Å². The van der Waals surface area contributed by atoms with Crippen molar-refractivity contribution >= 4 is 5.91 Å². The predicted octanol–water partition coefficient (Wildman–Crippen LogP) is 1.92. The van der Waals surface area contributed by atoms with E-state index in [2.05, 4.69) is 22.1 Å². The van der Waals surface area contributed by atoms with Crippen LogP contribution >= 0.6 is 0 Å². The Kier molecular flexibility index (Phi) is 5.39. The molecule has 0 saturated carbocycles. The fourth-order valence-corrected chi connectivity index (χ4v) is 2.91. The van der Waals surface area contributed by atoms with E-state index < -0.39 is 0 Å². The molecule has 0 aliphatic carbocycles. The number of aromatic nitrogens is 2. The molecule has 5 nitrogen and oxygen atoms in total. The Hall–Kier alpha value is -1.36. The fourth-order valence-electron chi connectivity index (χ4n) is 2.91. The number of carbonyl (C=O) groups excluding carboxylic acids is 1. The first-order chi connectivity index (χ1) is 9.99. The molecule has 1 atom stereocenters. The third-order valence-electron chi connectivity index (χ3n) is 4.71. The van der Waals surface area contributed by atoms with Gasteiger partial charge in [-0.25, -0.2) is 4.98 Å². The molecule has 2 rings (SSSR count). The molecule has 1 aliphatic heterocycles. The van der Waals surface area contributed by atoms with Crippen LogP contribution in [0.5, 0.6) is 0 Å². The van der Waals surface area contributed by atoms with Gasteiger partial charge in [0.05, 0.1) is 12.2 Å². The van der Waals surface area contributed by atoms with Crippen molar-refractivity contribution < 1.29 is 4.79 Å². The molecule has 0 spiro atoms. The maximum atomic E-state index is 12.0. The lowest BCUT2D eigenvalue weighted by Gasteiger charge is -2.23. The molecule has 1 unspecified atom stereocenters. The summed E-state index contributed by atoms with van der Waals surface area (Å²) in [7, 11) is 1.99. The minimum atomic E-state index is 0.124. The topological polar surface area (TPSA) is 50.2 Å². The molecule has 0 radical (unpaired) electrons. The van der Waals surface area contributed by atoms with E-state index in [1.54, 1.807) is 0 Å². The highest BCUT2D eigenvalue weighted by Gasteiger charge is 2.18. The van der Waals surface area contributed by atoms with Crippen LogP contribution in [0.25, 0.3) is 0 Å². The van der Waals surface area contributed by atoms with Crippen LogP contribution in [0.4, 0.5) is 0 Å². The van der Waals surface area contributed by atoms with E-state index in [4.69, 9.17) is 0 Å². The van der Waals surface area contributed by atoms with E-state index in [-0.39, 0.29) is 5.91 Å². The monoisotopic (exact) mass is 292 g/mol. The summed E-state index contributed by atoms with van der Waals surface area (Å²) >= 11 is 0. The molecular formula is C16H28N4O. The van der Waals surface area contributed by atoms with Crippen LogP contribution in [-0.4, -0.2) is 39.5 Å². The molecule has 21 heavy (non-hydrogen) atoms. The molecule has 1 aromatic rings. The molecule has 118 valence electrons. The molecule has 5 heteroatoms. The predicted molar refractivity (Wildman–Crippen MR) is 84.0 cm³/mol. The molecule has 1 saturated heterocycles. The molecule has 0 aromatic carbocycles. The fraction of sp³-hybridized carbons (Fsp3) is 0.750. The molecule has 1 aliphatic rings. The summed E-state index contributed by atoms with van der Waals surface area (Å²) in [4.78, 5) is 18.9. The van der Waals surface area contributed by atoms with Crippen LogP contribution < -0.4 is 5.32 Å². The van der Waals surface area contributed by atoms with Gasteiger partial charge in [0.1, 0.15) is 5.82 Å². The average molecular weight is 292 g/mol. The Morgan fingerprint density at radius 1 is 1.33 bits per heavy atom. The zero-order valence-corrected chi connectivity index (χ0v) is 13.8. The van der Waals surface area contributed by atoms with Gasteiger partial charge < -0.3 is 14.8 Å². The summed E-state index contributed by atoms with van der Waals surface area (Å²) in [6.07, 6.45) is 4.13. The number of hydrogen-bond acceptors (Lipinski definition) is 3. The second kappa shape index (κ2) is 7.07. The van der Waals surface area contributed by atoms with Gasteiger partial charge in [0.15, 0.2) is 0 Å². The number of nitrogens with one attached hydrogen (secondary N) is 1. The van der Waals surface area contributed by atoms with E-state index in [0.29, 0.717) is 19.0 Å². The lowest BCUT2D eigenvalue weighted by Crippen LogP contribution is -2.32. The Balaban J connectivity index is 1.73. The van der Waals surface area contributed by atoms with Crippen molar-refractivity contribution in [3.05, 3.63) is 17.2 Å². The van der Waals surface area contributed by atoms with Gasteiger partial charge in [0.2, 0.25) is 5.91 Å². The number of nitrogens with zero attached hydrogens (tertiary/aromatic N) is 3. The van der Waals surface area contributed by atoms with Crippen LogP contribution in [0.2, 0.25) is 0 Å². The Morgan fingerprint density at radius 2 is 2.00 bits per heavy atom. The zero-order chi connectivity index (χ0) is 15.4. The number of amides is 1. The average Bonchev–Trinajstić information content (AvgIpc) is 3.08. The zero-order valence-electron chi connectivity index (χ0n) is 13.8. The molecular weight excluding hydrogens is 264 g/mol. The van der Waals surface area contributed by atoms with Gasteiger partial charge in [-0.2, -0.15) is 0 Å². The summed E-state index contributed by atoms with van der Waals surface area (Å²) < 4.78 is 2.04. The van der Waals surface area contributed by atoms with Gasteiger partial charge in [-0.05, 0) is 53.1 Å². The highest BCUT2D eigenvalue weighted by molar-refractivity contribution is 5.75. The van der Waals surface area contributed by atoms with Crippen LogP contribution in [0.1, 0.15) is 49.8 Å². The van der Waals surface area contributed by atoms with Gasteiger partial charge in [-0.3, -0.25) is 4.79 Å². The number of imidazole rings is 1. The minimum absolute atomic E-state index is 0.124. The van der Waals surface area contributed by atoms with Crippen molar-refractivity contribution in [2.75, 3.05) is 13.1 Å². The van der Waals surface area contributed by atoms with Crippen LogP contribution in [0.3, 0.4) is 0 Å². The normalized spacial score (nSPS) is 17.1. The first-order valence-corrected chi connectivity index (χ1v) is 7.98. The van der Waals surface area contributed by atoms with Crippen LogP contribution in [-0.2, 0) is 18.4 Å². The second-order valence-electron chi connectivity index (χ2n) is 6.17. The molecule has 1 fully saturated rings. The van der Waals surface area contributed by atoms with E-state index >= 15 is 0 Å². The third-order valence-corrected chi connectivity index (χ3v) is 4.71. The van der Waals surface area contributed by atoms with Gasteiger partial charge in [-0.15, -0.1) is 0 Å². The van der Waals surface area contributed by atoms with E-state index in [0.717, 1.165) is 23.6 Å². The summed E-state index contributed by atoms with van der Waals surface area (Å²) in [6, 6.07) is 0.510. The van der Waals surface area contributed by atoms with Gasteiger partial charge in [-0.1, -0.05) is 0 Å². The Bertz CT molecular complexity index is 489. The lowest BCUT2D eigenvalue weighted by molar-refractivity contribution is -0.121. The summed E-state index contributed by atoms with van der Waals surface area (Å²) in [6.45, 7) is 9.17. The second-order valence-corrected chi connectivity index (χ2v) is 6.17. The van der Waals surface area contributed by atoms with Crippen molar-refractivity contribution in [2.45, 2.75) is 59.0 Å². The summed E-state index contributed by atoms with van der Waals surface area (Å²) in [5, 5.41) is 2.99. The molecule has 1 N–H and O–H groups in total. The van der Waals surface area contributed by atoms with Crippen molar-refractivity contribution in [1.82, 2.24) is 19.8 Å². The molecule has 0 bridgehead atoms. The largest absolute Gasteiger partial charge is 0.349 e. The maximum absolute atomic E-state index is 12.0. The number of carbonyl (C=O) groups is 1. The van der Waals surface area contributed by atoms with Crippen molar-refractivity contribution in [3.63, 3.8) is 0 Å². The first kappa shape index (κ1) is 16.0. The number of likely N-dealkylation sites (tertiary alicyclic amines) is 1. The van der Waals surface area contributed by atoms with Gasteiger partial charge >= 0.3 is 0 Å². The maximum Gasteiger partial charge on any atom is 0.220 e. The number of aryl methyl sites for hydroxylation is 1. The number of rotatable bonds is 6. The third kappa shape index (κ3) is 4.06. The Labute approximate surface area is 127 Å². The van der Waals surface area contributed by atoms with Crippen molar-refractivity contribution in [1.29, 1.82) is 0 Å². The molecule has 1 aromatic heterocycles. The Morgan fingerprint density at radius 3 is 2.57 bits per heavy atom. The quantitative estimate of drug-likeness (QED) is 0.871. The highest BCUT2D eigenvalue weighted by atomic mass is 16.1.